The summed E-state index contributed by atoms with van der Waals surface area (Å²) in [6.07, 6.45) is 1.41. The van der Waals surface area contributed by atoms with Crippen LogP contribution in [0.25, 0.3) is 0 Å². The number of aromatic nitrogens is 2. The lowest BCUT2D eigenvalue weighted by atomic mass is 10.6. The zero-order chi connectivity index (χ0) is 7.40. The molecule has 4 heteroatoms. The Labute approximate surface area is 58.6 Å². The Kier molecular flexibility index (Phi) is 2.04. The van der Waals surface area contributed by atoms with Gasteiger partial charge in [-0.3, -0.25) is 0 Å². The first-order valence-electron chi connectivity index (χ1n) is 3.02. The molecule has 0 spiro atoms. The van der Waals surface area contributed by atoms with Crippen molar-refractivity contribution in [1.82, 2.24) is 5.10 Å². The lowest BCUT2D eigenvalue weighted by Gasteiger charge is -1.99. The number of ether oxygens (including phenoxy) is 1. The highest BCUT2D eigenvalue weighted by Crippen LogP contribution is 1.97. The Balaban J connectivity index is 2.81. The molecule has 1 rings (SSSR count). The van der Waals surface area contributed by atoms with Crippen LogP contribution in [0.3, 0.4) is 0 Å². The fraction of sp³-hybridized carbons (Fsp3) is 0.333. The summed E-state index contributed by atoms with van der Waals surface area (Å²) in [4.78, 5) is 0.448. The van der Waals surface area contributed by atoms with Gasteiger partial charge in [0.2, 0.25) is 0 Å². The summed E-state index contributed by atoms with van der Waals surface area (Å²) in [5.41, 5.74) is 0. The lowest BCUT2D eigenvalue weighted by molar-refractivity contribution is -0.674. The smallest absolute Gasteiger partial charge is 0.405 e. The molecule has 0 bridgehead atoms. The number of nitrogens with zero attached hydrogens (tertiary/aromatic N) is 2. The summed E-state index contributed by atoms with van der Waals surface area (Å²) in [6.45, 7) is 2.29. The molecule has 54 valence electrons. The average molecular weight is 140 g/mol. The van der Waals surface area contributed by atoms with Crippen LogP contribution in [0.15, 0.2) is 18.3 Å². The molecule has 0 aliphatic heterocycles. The zero-order valence-corrected chi connectivity index (χ0v) is 5.65. The minimum atomic E-state index is 0.241. The molecule has 0 unspecified atom stereocenters. The van der Waals surface area contributed by atoms with Gasteiger partial charge in [-0.15, -0.1) is 0 Å². The van der Waals surface area contributed by atoms with Crippen LogP contribution >= 0.6 is 0 Å². The van der Waals surface area contributed by atoms with Crippen molar-refractivity contribution in [3.63, 3.8) is 0 Å². The molecule has 1 aromatic rings. The Bertz CT molecular complexity index is 215. The summed E-state index contributed by atoms with van der Waals surface area (Å²) in [7, 11) is 0. The van der Waals surface area contributed by atoms with Crippen molar-refractivity contribution in [3.8, 4) is 5.88 Å². The summed E-state index contributed by atoms with van der Waals surface area (Å²) in [5, 5.41) is 14.1. The third kappa shape index (κ3) is 1.34. The van der Waals surface area contributed by atoms with Crippen molar-refractivity contribution in [3.05, 3.63) is 23.5 Å². The molecule has 0 amide bonds. The Hall–Kier alpha value is -1.32. The van der Waals surface area contributed by atoms with Crippen LogP contribution in [0.1, 0.15) is 6.92 Å². The third-order valence-corrected chi connectivity index (χ3v) is 0.977. The van der Waals surface area contributed by atoms with Crippen molar-refractivity contribution in [2.24, 2.45) is 0 Å². The first-order valence-corrected chi connectivity index (χ1v) is 3.02. The standard InChI is InChI=1S/C6H8N2O2/c1-2-10-6-4-3-5-7-8(6)9/h3-5H,2H2,1H3. The summed E-state index contributed by atoms with van der Waals surface area (Å²) < 4.78 is 4.92. The maximum absolute atomic E-state index is 10.7. The van der Waals surface area contributed by atoms with E-state index in [9.17, 15) is 5.21 Å². The molecule has 0 saturated carbocycles. The van der Waals surface area contributed by atoms with Gasteiger partial charge >= 0.3 is 5.88 Å². The van der Waals surface area contributed by atoms with Crippen LogP contribution < -0.4 is 9.58 Å². The average Bonchev–Trinajstić information content (AvgIpc) is 1.94. The fourth-order valence-electron chi connectivity index (χ4n) is 0.596. The minimum Gasteiger partial charge on any atom is -0.591 e. The van der Waals surface area contributed by atoms with Crippen LogP contribution in [0.4, 0.5) is 0 Å². The van der Waals surface area contributed by atoms with Crippen molar-refractivity contribution in [2.45, 2.75) is 6.92 Å². The van der Waals surface area contributed by atoms with Crippen LogP contribution in [0, 0.1) is 5.21 Å². The molecule has 0 atom stereocenters. The molecule has 0 aromatic carbocycles. The van der Waals surface area contributed by atoms with E-state index in [2.05, 4.69) is 5.10 Å². The van der Waals surface area contributed by atoms with Crippen molar-refractivity contribution < 1.29 is 9.58 Å². The SMILES string of the molecule is CCOc1cccn[n+]1[O-]. The third-order valence-electron chi connectivity index (χ3n) is 0.977. The van der Waals surface area contributed by atoms with E-state index in [1.807, 2.05) is 6.92 Å². The predicted molar refractivity (Wildman–Crippen MR) is 34.4 cm³/mol. The molecule has 0 N–H and O–H groups in total. The summed E-state index contributed by atoms with van der Waals surface area (Å²) in [6, 6.07) is 3.23. The Morgan fingerprint density at radius 2 is 2.60 bits per heavy atom. The van der Waals surface area contributed by atoms with E-state index in [1.165, 1.54) is 6.20 Å². The molecule has 0 radical (unpaired) electrons. The number of hydrogen-bond donors (Lipinski definition) is 0. The van der Waals surface area contributed by atoms with E-state index in [1.54, 1.807) is 12.1 Å². The van der Waals surface area contributed by atoms with Gasteiger partial charge in [-0.05, 0) is 17.8 Å². The molecule has 10 heavy (non-hydrogen) atoms. The monoisotopic (exact) mass is 140 g/mol. The Morgan fingerprint density at radius 3 is 3.20 bits per heavy atom. The summed E-state index contributed by atoms with van der Waals surface area (Å²) >= 11 is 0. The normalized spacial score (nSPS) is 9.30. The molecule has 1 aromatic heterocycles. The van der Waals surface area contributed by atoms with Gasteiger partial charge < -0.3 is 9.94 Å². The van der Waals surface area contributed by atoms with Gasteiger partial charge in [0.25, 0.3) is 0 Å². The molecule has 0 fully saturated rings. The number of hydrogen-bond acceptors (Lipinski definition) is 3. The molecule has 0 saturated heterocycles. The van der Waals surface area contributed by atoms with Gasteiger partial charge in [0.15, 0.2) is 0 Å². The maximum Gasteiger partial charge on any atom is 0.405 e. The molecule has 0 aliphatic carbocycles. The van der Waals surface area contributed by atoms with E-state index < -0.39 is 0 Å². The topological polar surface area (TPSA) is 49.1 Å². The van der Waals surface area contributed by atoms with Gasteiger partial charge in [-0.2, -0.15) is 0 Å². The molecule has 1 heterocycles. The van der Waals surface area contributed by atoms with Gasteiger partial charge in [0, 0.05) is 5.10 Å². The van der Waals surface area contributed by atoms with E-state index in [-0.39, 0.29) is 5.88 Å². The minimum absolute atomic E-state index is 0.241. The second-order valence-corrected chi connectivity index (χ2v) is 1.67. The first kappa shape index (κ1) is 6.80. The highest BCUT2D eigenvalue weighted by Gasteiger charge is 2.02. The largest absolute Gasteiger partial charge is 0.591 e. The van der Waals surface area contributed by atoms with E-state index in [0.717, 1.165) is 0 Å². The zero-order valence-electron chi connectivity index (χ0n) is 5.65. The maximum atomic E-state index is 10.7. The first-order chi connectivity index (χ1) is 4.84. The molecule has 0 aliphatic rings. The van der Waals surface area contributed by atoms with Crippen molar-refractivity contribution >= 4 is 0 Å². The van der Waals surface area contributed by atoms with Crippen LogP contribution in [-0.2, 0) is 0 Å². The molecular formula is C6H8N2O2. The second-order valence-electron chi connectivity index (χ2n) is 1.67. The van der Waals surface area contributed by atoms with Crippen LogP contribution in [-0.4, -0.2) is 11.7 Å². The fourth-order valence-corrected chi connectivity index (χ4v) is 0.596. The summed E-state index contributed by atoms with van der Waals surface area (Å²) in [5.74, 6) is 0.241. The van der Waals surface area contributed by atoms with Crippen molar-refractivity contribution in [1.29, 1.82) is 0 Å². The quantitative estimate of drug-likeness (QED) is 0.433. The second kappa shape index (κ2) is 3.00. The molecule has 4 nitrogen and oxygen atoms in total. The predicted octanol–water partition coefficient (Wildman–Crippen LogP) is 0.114. The van der Waals surface area contributed by atoms with Crippen LogP contribution in [0.2, 0.25) is 0 Å². The highest BCUT2D eigenvalue weighted by atomic mass is 16.6. The number of rotatable bonds is 2. The molecular weight excluding hydrogens is 132 g/mol. The lowest BCUT2D eigenvalue weighted by Crippen LogP contribution is -2.32. The highest BCUT2D eigenvalue weighted by molar-refractivity contribution is 4.99. The van der Waals surface area contributed by atoms with E-state index >= 15 is 0 Å². The van der Waals surface area contributed by atoms with Crippen LogP contribution in [0.5, 0.6) is 5.88 Å². The van der Waals surface area contributed by atoms with Gasteiger partial charge in [-0.25, -0.2) is 0 Å². The van der Waals surface area contributed by atoms with Crippen molar-refractivity contribution in [2.75, 3.05) is 6.61 Å². The van der Waals surface area contributed by atoms with Gasteiger partial charge in [0.05, 0.1) is 18.9 Å². The van der Waals surface area contributed by atoms with Gasteiger partial charge in [-0.1, -0.05) is 0 Å². The van der Waals surface area contributed by atoms with E-state index in [4.69, 9.17) is 4.74 Å². The van der Waals surface area contributed by atoms with E-state index in [0.29, 0.717) is 11.5 Å². The Morgan fingerprint density at radius 1 is 1.80 bits per heavy atom. The van der Waals surface area contributed by atoms with Gasteiger partial charge in [0.1, 0.15) is 0 Å².